The first kappa shape index (κ1) is 22.8. The first-order chi connectivity index (χ1) is 16.0. The summed E-state index contributed by atoms with van der Waals surface area (Å²) < 4.78 is 5.32. The van der Waals surface area contributed by atoms with Crippen molar-refractivity contribution in [3.05, 3.63) is 54.1 Å². The molecule has 1 atom stereocenters. The van der Waals surface area contributed by atoms with Gasteiger partial charge < -0.3 is 19.4 Å². The lowest BCUT2D eigenvalue weighted by molar-refractivity contribution is -0.152. The number of piperazine rings is 1. The molecule has 0 N–H and O–H groups in total. The minimum absolute atomic E-state index is 0.0200. The Labute approximate surface area is 194 Å². The second kappa shape index (κ2) is 10.1. The number of carbonyl (C=O) groups is 3. The van der Waals surface area contributed by atoms with Crippen LogP contribution in [-0.2, 0) is 20.8 Å². The van der Waals surface area contributed by atoms with Crippen molar-refractivity contribution in [1.29, 1.82) is 0 Å². The van der Waals surface area contributed by atoms with Crippen LogP contribution < -0.4 is 4.74 Å². The first-order valence-corrected chi connectivity index (χ1v) is 11.6. The van der Waals surface area contributed by atoms with Crippen LogP contribution in [0.4, 0.5) is 0 Å². The maximum absolute atomic E-state index is 13.2. The molecule has 2 aromatic carbocycles. The lowest BCUT2D eigenvalue weighted by Gasteiger charge is -2.41. The quantitative estimate of drug-likeness (QED) is 0.652. The Hall–Kier alpha value is -3.35. The van der Waals surface area contributed by atoms with E-state index >= 15 is 0 Å². The lowest BCUT2D eigenvalue weighted by Crippen LogP contribution is -2.60. The summed E-state index contributed by atoms with van der Waals surface area (Å²) in [5, 5.41) is 0. The maximum atomic E-state index is 13.2. The Kier molecular flexibility index (Phi) is 6.96. The van der Waals surface area contributed by atoms with Gasteiger partial charge in [-0.3, -0.25) is 14.4 Å². The van der Waals surface area contributed by atoms with Crippen LogP contribution in [0.1, 0.15) is 25.3 Å². The molecule has 2 aliphatic rings. The highest BCUT2D eigenvalue weighted by Gasteiger charge is 2.37. The number of hydrogen-bond acceptors (Lipinski definition) is 4. The van der Waals surface area contributed by atoms with E-state index in [1.807, 2.05) is 55.5 Å². The average Bonchev–Trinajstić information content (AvgIpc) is 3.24. The van der Waals surface area contributed by atoms with Gasteiger partial charge in [0.1, 0.15) is 11.8 Å². The summed E-state index contributed by atoms with van der Waals surface area (Å²) in [7, 11) is 1.65. The molecular formula is C26H31N3O4. The topological polar surface area (TPSA) is 70.2 Å². The minimum Gasteiger partial charge on any atom is -0.497 e. The smallest absolute Gasteiger partial charge is 0.245 e. The van der Waals surface area contributed by atoms with Gasteiger partial charge in [-0.2, -0.15) is 0 Å². The van der Waals surface area contributed by atoms with E-state index < -0.39 is 6.04 Å². The van der Waals surface area contributed by atoms with Gasteiger partial charge in [0.05, 0.1) is 13.7 Å². The number of ether oxygens (including phenoxy) is 1. The van der Waals surface area contributed by atoms with E-state index in [2.05, 4.69) is 0 Å². The van der Waals surface area contributed by atoms with E-state index in [-0.39, 0.29) is 24.3 Å². The van der Waals surface area contributed by atoms with Gasteiger partial charge in [0, 0.05) is 39.0 Å². The van der Waals surface area contributed by atoms with Crippen LogP contribution in [-0.4, -0.2) is 78.3 Å². The molecule has 2 aromatic rings. The fourth-order valence-electron chi connectivity index (χ4n) is 4.63. The fraction of sp³-hybridized carbons (Fsp3) is 0.423. The molecule has 0 bridgehead atoms. The third kappa shape index (κ3) is 5.02. The van der Waals surface area contributed by atoms with Crippen LogP contribution in [0.15, 0.2) is 48.5 Å². The van der Waals surface area contributed by atoms with Gasteiger partial charge >= 0.3 is 0 Å². The van der Waals surface area contributed by atoms with E-state index in [1.54, 1.807) is 21.8 Å². The molecule has 0 unspecified atom stereocenters. The summed E-state index contributed by atoms with van der Waals surface area (Å²) in [4.78, 5) is 43.3. The number of likely N-dealkylation sites (N-methyl/N-ethyl adjacent to an activating group) is 1. The second-order valence-corrected chi connectivity index (χ2v) is 8.57. The minimum atomic E-state index is -0.549. The lowest BCUT2D eigenvalue weighted by atomic mass is 9.98. The summed E-state index contributed by atoms with van der Waals surface area (Å²) in [6.45, 7) is 4.27. The van der Waals surface area contributed by atoms with Gasteiger partial charge in [0.25, 0.3) is 0 Å². The van der Waals surface area contributed by atoms with Crippen LogP contribution in [0.5, 0.6) is 5.75 Å². The summed E-state index contributed by atoms with van der Waals surface area (Å²) in [5.74, 6) is 0.648. The second-order valence-electron chi connectivity index (χ2n) is 8.57. The zero-order valence-electron chi connectivity index (χ0n) is 19.3. The predicted octanol–water partition coefficient (Wildman–Crippen LogP) is 2.59. The molecule has 3 amide bonds. The molecule has 7 heteroatoms. The fourth-order valence-corrected chi connectivity index (χ4v) is 4.63. The number of hydrogen-bond donors (Lipinski definition) is 0. The standard InChI is InChI=1S/C26H31N3O4/c1-3-27-14-15-29(25(31)18-28-13-5-8-24(28)30)23(26(27)32)16-19-9-11-20(12-10-19)21-6-4-7-22(17-21)33-2/h4,6-7,9-12,17,23H,3,5,8,13-16,18H2,1-2H3/t23-/m0/s1. The van der Waals surface area contributed by atoms with Crippen molar-refractivity contribution < 1.29 is 19.1 Å². The molecule has 0 spiro atoms. The van der Waals surface area contributed by atoms with Crippen LogP contribution in [0.2, 0.25) is 0 Å². The van der Waals surface area contributed by atoms with Gasteiger partial charge in [-0.15, -0.1) is 0 Å². The van der Waals surface area contributed by atoms with Gasteiger partial charge in [-0.25, -0.2) is 0 Å². The number of nitrogens with zero attached hydrogens (tertiary/aromatic N) is 3. The molecule has 174 valence electrons. The Morgan fingerprint density at radius 2 is 1.79 bits per heavy atom. The Morgan fingerprint density at radius 1 is 1.00 bits per heavy atom. The predicted molar refractivity (Wildman–Crippen MR) is 126 cm³/mol. The van der Waals surface area contributed by atoms with Crippen LogP contribution in [0, 0.1) is 0 Å². The van der Waals surface area contributed by atoms with Crippen molar-refractivity contribution in [2.24, 2.45) is 0 Å². The van der Waals surface area contributed by atoms with Crippen molar-refractivity contribution in [3.63, 3.8) is 0 Å². The number of rotatable bonds is 7. The summed E-state index contributed by atoms with van der Waals surface area (Å²) >= 11 is 0. The number of likely N-dealkylation sites (tertiary alicyclic amines) is 1. The van der Waals surface area contributed by atoms with Gasteiger partial charge in [0.2, 0.25) is 17.7 Å². The molecule has 2 fully saturated rings. The molecular weight excluding hydrogens is 418 g/mol. The van der Waals surface area contributed by atoms with Crippen molar-refractivity contribution in [3.8, 4) is 16.9 Å². The number of methoxy groups -OCH3 is 1. The van der Waals surface area contributed by atoms with Gasteiger partial charge in [-0.1, -0.05) is 36.4 Å². The van der Waals surface area contributed by atoms with Crippen molar-refractivity contribution in [1.82, 2.24) is 14.7 Å². The molecule has 0 aromatic heterocycles. The SMILES string of the molecule is CCN1CCN(C(=O)CN2CCCC2=O)[C@@H](Cc2ccc(-c3cccc(OC)c3)cc2)C1=O. The molecule has 33 heavy (non-hydrogen) atoms. The number of amides is 3. The van der Waals surface area contributed by atoms with Crippen LogP contribution in [0.25, 0.3) is 11.1 Å². The zero-order chi connectivity index (χ0) is 23.4. The van der Waals surface area contributed by atoms with E-state index in [9.17, 15) is 14.4 Å². The van der Waals surface area contributed by atoms with E-state index in [4.69, 9.17) is 4.74 Å². The van der Waals surface area contributed by atoms with Crippen molar-refractivity contribution >= 4 is 17.7 Å². The highest BCUT2D eigenvalue weighted by Crippen LogP contribution is 2.25. The molecule has 2 aliphatic heterocycles. The van der Waals surface area contributed by atoms with Crippen molar-refractivity contribution in [2.45, 2.75) is 32.2 Å². The molecule has 7 nitrogen and oxygen atoms in total. The largest absolute Gasteiger partial charge is 0.497 e. The Bertz CT molecular complexity index is 1020. The molecule has 2 heterocycles. The summed E-state index contributed by atoms with van der Waals surface area (Å²) in [6, 6.07) is 15.4. The van der Waals surface area contributed by atoms with Crippen molar-refractivity contribution in [2.75, 3.05) is 39.8 Å². The summed E-state index contributed by atoms with van der Waals surface area (Å²) in [6.07, 6.45) is 1.74. The third-order valence-corrected chi connectivity index (χ3v) is 6.57. The Balaban J connectivity index is 1.51. The highest BCUT2D eigenvalue weighted by molar-refractivity contribution is 5.91. The average molecular weight is 450 g/mol. The Morgan fingerprint density at radius 3 is 2.45 bits per heavy atom. The third-order valence-electron chi connectivity index (χ3n) is 6.57. The number of carbonyl (C=O) groups excluding carboxylic acids is 3. The normalized spacial score (nSPS) is 18.7. The molecule has 4 rings (SSSR count). The first-order valence-electron chi connectivity index (χ1n) is 11.6. The monoisotopic (exact) mass is 449 g/mol. The van der Waals surface area contributed by atoms with E-state index in [0.717, 1.165) is 28.9 Å². The van der Waals surface area contributed by atoms with E-state index in [1.165, 1.54) is 0 Å². The highest BCUT2D eigenvalue weighted by atomic mass is 16.5. The summed E-state index contributed by atoms with van der Waals surface area (Å²) in [5.41, 5.74) is 3.11. The molecule has 0 saturated carbocycles. The molecule has 0 aliphatic carbocycles. The van der Waals surface area contributed by atoms with Gasteiger partial charge in [0.15, 0.2) is 0 Å². The molecule has 0 radical (unpaired) electrons. The van der Waals surface area contributed by atoms with E-state index in [0.29, 0.717) is 39.0 Å². The van der Waals surface area contributed by atoms with Gasteiger partial charge in [-0.05, 0) is 42.2 Å². The van der Waals surface area contributed by atoms with Crippen LogP contribution in [0.3, 0.4) is 0 Å². The number of benzene rings is 2. The maximum Gasteiger partial charge on any atom is 0.245 e. The zero-order valence-corrected chi connectivity index (χ0v) is 19.3. The van der Waals surface area contributed by atoms with Crippen LogP contribution >= 0.6 is 0 Å². The molecule has 2 saturated heterocycles.